The molecule has 69 heavy (non-hydrogen) atoms. The Labute approximate surface area is 404 Å². The summed E-state index contributed by atoms with van der Waals surface area (Å²) in [6, 6.07) is 70.2. The van der Waals surface area contributed by atoms with Gasteiger partial charge in [-0.1, -0.05) is 192 Å². The Morgan fingerprint density at radius 3 is 1.07 bits per heavy atom. The van der Waals surface area contributed by atoms with Gasteiger partial charge in [-0.15, -0.1) is 0 Å². The van der Waals surface area contributed by atoms with Crippen molar-refractivity contribution in [1.29, 1.82) is 0 Å². The van der Waals surface area contributed by atoms with Crippen molar-refractivity contribution in [2.24, 2.45) is 0 Å². The Kier molecular flexibility index (Phi) is 10.9. The van der Waals surface area contributed by atoms with Crippen molar-refractivity contribution in [2.75, 3.05) is 7.05 Å². The zero-order valence-corrected chi connectivity index (χ0v) is 39.8. The van der Waals surface area contributed by atoms with Gasteiger partial charge in [0.1, 0.15) is 0 Å². The molecule has 0 saturated carbocycles. The van der Waals surface area contributed by atoms with Crippen LogP contribution in [0.25, 0.3) is 110 Å². The maximum absolute atomic E-state index is 15.0. The number of imide groups is 1. The van der Waals surface area contributed by atoms with Crippen molar-refractivity contribution in [3.05, 3.63) is 228 Å². The summed E-state index contributed by atoms with van der Waals surface area (Å²) in [5.41, 5.74) is 18.3. The standard InChI is InChI=1S/C66H51NO2/c1-40-13-17-49-35-53(25-21-45(49)31-40)58-9-7-11-60(64(58)55-27-23-47-33-42(3)15-19-51(47)37-55)57-29-30-62(63(44(57)5)66(69)67(6)39-68)61-12-8-10-59(54-26-22-46-32-41(2)14-18-50(46)36-54)65(61)56-28-24-48-34-43(4)16-20-52(48)38-56/h7-39H,1-6H3. The van der Waals surface area contributed by atoms with E-state index in [4.69, 9.17) is 0 Å². The molecule has 0 aliphatic rings. The summed E-state index contributed by atoms with van der Waals surface area (Å²) in [5.74, 6) is -0.366. The molecule has 0 saturated heterocycles. The Morgan fingerprint density at radius 2 is 0.667 bits per heavy atom. The van der Waals surface area contributed by atoms with Crippen LogP contribution in [0.4, 0.5) is 0 Å². The van der Waals surface area contributed by atoms with Crippen LogP contribution in [0, 0.1) is 34.6 Å². The van der Waals surface area contributed by atoms with E-state index in [0.717, 1.165) is 88.5 Å². The predicted molar refractivity (Wildman–Crippen MR) is 291 cm³/mol. The molecule has 0 aliphatic carbocycles. The molecule has 3 nitrogen and oxygen atoms in total. The first-order chi connectivity index (χ1) is 33.5. The van der Waals surface area contributed by atoms with E-state index in [1.165, 1.54) is 54.1 Å². The lowest BCUT2D eigenvalue weighted by molar-refractivity contribution is -0.115. The van der Waals surface area contributed by atoms with Crippen LogP contribution in [-0.2, 0) is 4.79 Å². The molecule has 332 valence electrons. The van der Waals surface area contributed by atoms with Gasteiger partial charge in [-0.25, -0.2) is 0 Å². The summed E-state index contributed by atoms with van der Waals surface area (Å²) in [5, 5.41) is 9.35. The highest BCUT2D eigenvalue weighted by Gasteiger charge is 2.26. The van der Waals surface area contributed by atoms with Crippen LogP contribution in [0.15, 0.2) is 194 Å². The largest absolute Gasteiger partial charge is 0.284 e. The Bertz CT molecular complexity index is 3910. The van der Waals surface area contributed by atoms with Gasteiger partial charge in [-0.3, -0.25) is 14.5 Å². The van der Waals surface area contributed by atoms with Gasteiger partial charge >= 0.3 is 0 Å². The SMILES string of the molecule is Cc1ccc2cc(-c3cccc(-c4ccc(-c5cccc(-c6ccc7cc(C)ccc7c6)c5-c5ccc6cc(C)ccc6c5)c(C(=O)N(C)C=O)c4C)c3-c3ccc4cc(C)ccc4c3)ccc2c1. The molecular formula is C66H51NO2. The average Bonchev–Trinajstić information content (AvgIpc) is 3.37. The van der Waals surface area contributed by atoms with Gasteiger partial charge in [0, 0.05) is 7.05 Å². The first-order valence-corrected chi connectivity index (χ1v) is 23.7. The molecular weight excluding hydrogens is 839 g/mol. The van der Waals surface area contributed by atoms with E-state index in [-0.39, 0.29) is 5.91 Å². The van der Waals surface area contributed by atoms with Gasteiger partial charge in [-0.2, -0.15) is 0 Å². The van der Waals surface area contributed by atoms with Gasteiger partial charge in [0.05, 0.1) is 5.56 Å². The lowest BCUT2D eigenvalue weighted by atomic mass is 9.81. The molecule has 11 aromatic carbocycles. The summed E-state index contributed by atoms with van der Waals surface area (Å²) in [6.45, 7) is 10.5. The lowest BCUT2D eigenvalue weighted by Crippen LogP contribution is -2.26. The van der Waals surface area contributed by atoms with Crippen LogP contribution in [0.2, 0.25) is 0 Å². The first kappa shape index (κ1) is 43.2. The van der Waals surface area contributed by atoms with Crippen LogP contribution < -0.4 is 0 Å². The highest BCUT2D eigenvalue weighted by atomic mass is 16.2. The Hall–Kier alpha value is -8.40. The van der Waals surface area contributed by atoms with Gasteiger partial charge in [0.25, 0.3) is 5.91 Å². The number of aryl methyl sites for hydroxylation is 4. The fourth-order valence-electron chi connectivity index (χ4n) is 10.5. The zero-order chi connectivity index (χ0) is 47.5. The smallest absolute Gasteiger partial charge is 0.260 e. The van der Waals surface area contributed by atoms with Crippen molar-refractivity contribution in [3.8, 4) is 66.8 Å². The second kappa shape index (κ2) is 17.4. The van der Waals surface area contributed by atoms with E-state index < -0.39 is 0 Å². The van der Waals surface area contributed by atoms with E-state index >= 15 is 4.79 Å². The van der Waals surface area contributed by atoms with Gasteiger partial charge in [-0.05, 0) is 174 Å². The minimum atomic E-state index is -0.366. The molecule has 11 rings (SSSR count). The maximum Gasteiger partial charge on any atom is 0.260 e. The quantitative estimate of drug-likeness (QED) is 0.143. The molecule has 0 aliphatic heterocycles. The van der Waals surface area contributed by atoms with Crippen molar-refractivity contribution < 1.29 is 9.59 Å². The monoisotopic (exact) mass is 889 g/mol. The molecule has 3 heteroatoms. The predicted octanol–water partition coefficient (Wildman–Crippen LogP) is 17.1. The topological polar surface area (TPSA) is 37.4 Å². The number of hydrogen-bond acceptors (Lipinski definition) is 2. The zero-order valence-electron chi connectivity index (χ0n) is 39.8. The summed E-state index contributed by atoms with van der Waals surface area (Å²) in [4.78, 5) is 28.8. The minimum Gasteiger partial charge on any atom is -0.284 e. The van der Waals surface area contributed by atoms with E-state index in [2.05, 4.69) is 222 Å². The summed E-state index contributed by atoms with van der Waals surface area (Å²) >= 11 is 0. The minimum absolute atomic E-state index is 0.366. The van der Waals surface area contributed by atoms with Crippen molar-refractivity contribution >= 4 is 55.4 Å². The van der Waals surface area contributed by atoms with Crippen LogP contribution in [0.3, 0.4) is 0 Å². The molecule has 0 unspecified atom stereocenters. The molecule has 0 fully saturated rings. The lowest BCUT2D eigenvalue weighted by Gasteiger charge is -2.24. The molecule has 0 spiro atoms. The van der Waals surface area contributed by atoms with Crippen molar-refractivity contribution in [3.63, 3.8) is 0 Å². The van der Waals surface area contributed by atoms with Gasteiger partial charge in [0.2, 0.25) is 6.41 Å². The average molecular weight is 890 g/mol. The normalized spacial score (nSPS) is 11.4. The highest BCUT2D eigenvalue weighted by molar-refractivity contribution is 6.11. The summed E-state index contributed by atoms with van der Waals surface area (Å²) in [6.07, 6.45) is 0.613. The first-order valence-electron chi connectivity index (χ1n) is 23.7. The molecule has 11 aromatic rings. The molecule has 0 bridgehead atoms. The van der Waals surface area contributed by atoms with Gasteiger partial charge in [0.15, 0.2) is 0 Å². The maximum atomic E-state index is 15.0. The van der Waals surface area contributed by atoms with E-state index in [0.29, 0.717) is 12.0 Å². The van der Waals surface area contributed by atoms with Crippen LogP contribution in [0.5, 0.6) is 0 Å². The van der Waals surface area contributed by atoms with Crippen molar-refractivity contribution in [2.45, 2.75) is 34.6 Å². The molecule has 0 N–H and O–H groups in total. The number of carbonyl (C=O) groups excluding carboxylic acids is 2. The fourth-order valence-corrected chi connectivity index (χ4v) is 10.5. The van der Waals surface area contributed by atoms with Crippen LogP contribution in [-0.4, -0.2) is 24.3 Å². The Balaban J connectivity index is 1.18. The fraction of sp³-hybridized carbons (Fsp3) is 0.0909. The number of nitrogens with zero attached hydrogens (tertiary/aromatic N) is 1. The molecule has 0 aromatic heterocycles. The van der Waals surface area contributed by atoms with Gasteiger partial charge < -0.3 is 0 Å². The van der Waals surface area contributed by atoms with E-state index in [1.54, 1.807) is 7.05 Å². The number of carbonyl (C=O) groups is 2. The summed E-state index contributed by atoms with van der Waals surface area (Å²) < 4.78 is 0. The third-order valence-corrected chi connectivity index (χ3v) is 14.0. The highest BCUT2D eigenvalue weighted by Crippen LogP contribution is 2.47. The molecule has 2 amide bonds. The number of amides is 2. The second-order valence-corrected chi connectivity index (χ2v) is 18.9. The molecule has 0 heterocycles. The number of benzene rings is 11. The van der Waals surface area contributed by atoms with E-state index in [9.17, 15) is 4.79 Å². The number of hydrogen-bond donors (Lipinski definition) is 0. The van der Waals surface area contributed by atoms with Crippen LogP contribution in [0.1, 0.15) is 38.2 Å². The Morgan fingerprint density at radius 1 is 0.348 bits per heavy atom. The number of rotatable bonds is 8. The number of fused-ring (bicyclic) bond motifs is 4. The molecule has 0 radical (unpaired) electrons. The third-order valence-electron chi connectivity index (χ3n) is 14.0. The third kappa shape index (κ3) is 7.86. The summed E-state index contributed by atoms with van der Waals surface area (Å²) in [7, 11) is 1.55. The van der Waals surface area contributed by atoms with E-state index in [1.807, 2.05) is 6.92 Å². The second-order valence-electron chi connectivity index (χ2n) is 18.9. The van der Waals surface area contributed by atoms with Crippen molar-refractivity contribution in [1.82, 2.24) is 4.90 Å². The van der Waals surface area contributed by atoms with Crippen LogP contribution >= 0.6 is 0 Å². The molecule has 0 atom stereocenters.